The Bertz CT molecular complexity index is 632. The molecule has 4 heteroatoms. The lowest BCUT2D eigenvalue weighted by molar-refractivity contribution is 0.253. The Morgan fingerprint density at radius 2 is 2.12 bits per heavy atom. The molecule has 1 aromatic heterocycles. The molecule has 0 bridgehead atoms. The molecule has 24 heavy (non-hydrogen) atoms. The molecule has 0 unspecified atom stereocenters. The summed E-state index contributed by atoms with van der Waals surface area (Å²) in [6.45, 7) is 5.42. The van der Waals surface area contributed by atoms with Crippen LogP contribution in [0.4, 0.5) is 0 Å². The molecular formula is C20H27N3O. The Labute approximate surface area is 145 Å². The fourth-order valence-corrected chi connectivity index (χ4v) is 3.59. The van der Waals surface area contributed by atoms with Crippen LogP contribution in [-0.2, 0) is 13.1 Å². The normalized spacial score (nSPS) is 18.2. The molecule has 0 saturated carbocycles. The highest BCUT2D eigenvalue weighted by atomic mass is 16.5. The molecule has 1 aliphatic rings. The molecule has 0 N–H and O–H groups in total. The molecule has 0 spiro atoms. The lowest BCUT2D eigenvalue weighted by atomic mass is 10.1. The number of hydrogen-bond donors (Lipinski definition) is 0. The molecule has 1 aromatic carbocycles. The summed E-state index contributed by atoms with van der Waals surface area (Å²) >= 11 is 0. The predicted molar refractivity (Wildman–Crippen MR) is 96.9 cm³/mol. The third kappa shape index (κ3) is 4.56. The summed E-state index contributed by atoms with van der Waals surface area (Å²) in [6, 6.07) is 12.5. The predicted octanol–water partition coefficient (Wildman–Crippen LogP) is 3.04. The Balaban J connectivity index is 1.48. The minimum absolute atomic E-state index is 0.737. The van der Waals surface area contributed by atoms with Crippen molar-refractivity contribution in [2.75, 3.05) is 33.8 Å². The summed E-state index contributed by atoms with van der Waals surface area (Å²) < 4.78 is 5.47. The summed E-state index contributed by atoms with van der Waals surface area (Å²) in [5.41, 5.74) is 2.56. The van der Waals surface area contributed by atoms with Crippen molar-refractivity contribution in [3.8, 4) is 5.75 Å². The van der Waals surface area contributed by atoms with E-state index in [1.807, 2.05) is 30.6 Å². The number of hydrogen-bond acceptors (Lipinski definition) is 4. The summed E-state index contributed by atoms with van der Waals surface area (Å²) in [6.07, 6.45) is 5.06. The van der Waals surface area contributed by atoms with Crippen LogP contribution in [0.1, 0.15) is 17.5 Å². The molecule has 3 rings (SSSR count). The van der Waals surface area contributed by atoms with E-state index >= 15 is 0 Å². The van der Waals surface area contributed by atoms with E-state index in [1.54, 1.807) is 7.11 Å². The summed E-state index contributed by atoms with van der Waals surface area (Å²) in [7, 11) is 3.95. The highest BCUT2D eigenvalue weighted by molar-refractivity contribution is 5.33. The molecule has 0 amide bonds. The van der Waals surface area contributed by atoms with Gasteiger partial charge in [-0.15, -0.1) is 0 Å². The van der Waals surface area contributed by atoms with E-state index in [2.05, 4.69) is 40.0 Å². The van der Waals surface area contributed by atoms with Crippen LogP contribution in [-0.4, -0.2) is 48.6 Å². The molecule has 2 aromatic rings. The van der Waals surface area contributed by atoms with Gasteiger partial charge in [0, 0.05) is 44.1 Å². The molecule has 0 radical (unpaired) electrons. The highest BCUT2D eigenvalue weighted by Gasteiger charge is 2.24. The molecule has 1 aliphatic heterocycles. The number of pyridine rings is 1. The van der Waals surface area contributed by atoms with Crippen LogP contribution in [0, 0.1) is 5.92 Å². The van der Waals surface area contributed by atoms with E-state index in [0.29, 0.717) is 0 Å². The Kier molecular flexibility index (Phi) is 5.83. The molecule has 128 valence electrons. The third-order valence-electron chi connectivity index (χ3n) is 4.70. The largest absolute Gasteiger partial charge is 0.496 e. The second-order valence-electron chi connectivity index (χ2n) is 6.76. The number of nitrogens with zero attached hydrogens (tertiary/aromatic N) is 3. The third-order valence-corrected chi connectivity index (χ3v) is 4.70. The zero-order valence-corrected chi connectivity index (χ0v) is 14.7. The van der Waals surface area contributed by atoms with E-state index in [0.717, 1.165) is 37.8 Å². The zero-order valence-electron chi connectivity index (χ0n) is 14.7. The van der Waals surface area contributed by atoms with E-state index < -0.39 is 0 Å². The zero-order chi connectivity index (χ0) is 16.8. The first kappa shape index (κ1) is 16.9. The summed E-state index contributed by atoms with van der Waals surface area (Å²) in [5, 5.41) is 0. The quantitative estimate of drug-likeness (QED) is 0.782. The fraction of sp³-hybridized carbons (Fsp3) is 0.450. The first-order valence-electron chi connectivity index (χ1n) is 8.66. The van der Waals surface area contributed by atoms with Gasteiger partial charge in [-0.25, -0.2) is 0 Å². The smallest absolute Gasteiger partial charge is 0.123 e. The van der Waals surface area contributed by atoms with Crippen LogP contribution < -0.4 is 4.74 Å². The molecule has 1 saturated heterocycles. The van der Waals surface area contributed by atoms with Crippen molar-refractivity contribution in [1.82, 2.24) is 14.8 Å². The average molecular weight is 325 g/mol. The van der Waals surface area contributed by atoms with Crippen molar-refractivity contribution in [2.24, 2.45) is 5.92 Å². The van der Waals surface area contributed by atoms with Gasteiger partial charge in [0.1, 0.15) is 5.75 Å². The van der Waals surface area contributed by atoms with Crippen molar-refractivity contribution in [2.45, 2.75) is 19.5 Å². The number of rotatable bonds is 7. The summed E-state index contributed by atoms with van der Waals surface area (Å²) in [5.74, 6) is 1.73. The van der Waals surface area contributed by atoms with Crippen molar-refractivity contribution < 1.29 is 4.74 Å². The number of benzene rings is 1. The minimum Gasteiger partial charge on any atom is -0.496 e. The van der Waals surface area contributed by atoms with E-state index in [1.165, 1.54) is 24.1 Å². The van der Waals surface area contributed by atoms with E-state index in [-0.39, 0.29) is 0 Å². The maximum absolute atomic E-state index is 5.47. The topological polar surface area (TPSA) is 28.6 Å². The standard InChI is InChI=1S/C20H27N3O/c1-22(13-17-6-5-10-21-12-17)14-18-9-11-23(15-18)16-19-7-3-4-8-20(19)24-2/h3-8,10,12,18H,9,11,13-16H2,1-2H3/t18-/m0/s1. The van der Waals surface area contributed by atoms with Gasteiger partial charge < -0.3 is 9.64 Å². The van der Waals surface area contributed by atoms with Crippen molar-refractivity contribution in [3.63, 3.8) is 0 Å². The number of likely N-dealkylation sites (tertiary alicyclic amines) is 1. The molecular weight excluding hydrogens is 298 g/mol. The second kappa shape index (κ2) is 8.27. The number of methoxy groups -OCH3 is 1. The Morgan fingerprint density at radius 1 is 1.25 bits per heavy atom. The van der Waals surface area contributed by atoms with Gasteiger partial charge in [-0.1, -0.05) is 24.3 Å². The second-order valence-corrected chi connectivity index (χ2v) is 6.76. The van der Waals surface area contributed by atoms with Crippen LogP contribution in [0.15, 0.2) is 48.8 Å². The maximum atomic E-state index is 5.47. The van der Waals surface area contributed by atoms with Gasteiger partial charge in [0.05, 0.1) is 7.11 Å². The molecule has 4 nitrogen and oxygen atoms in total. The lowest BCUT2D eigenvalue weighted by Crippen LogP contribution is -2.28. The highest BCUT2D eigenvalue weighted by Crippen LogP contribution is 2.24. The first-order valence-corrected chi connectivity index (χ1v) is 8.66. The van der Waals surface area contributed by atoms with Gasteiger partial charge in [-0.2, -0.15) is 0 Å². The fourth-order valence-electron chi connectivity index (χ4n) is 3.59. The Hall–Kier alpha value is -1.91. The Morgan fingerprint density at radius 3 is 2.92 bits per heavy atom. The van der Waals surface area contributed by atoms with Gasteiger partial charge in [0.2, 0.25) is 0 Å². The monoisotopic (exact) mass is 325 g/mol. The molecule has 0 aliphatic carbocycles. The van der Waals surface area contributed by atoms with Crippen molar-refractivity contribution in [1.29, 1.82) is 0 Å². The molecule has 1 atom stereocenters. The number of aromatic nitrogens is 1. The van der Waals surface area contributed by atoms with Crippen LogP contribution in [0.25, 0.3) is 0 Å². The van der Waals surface area contributed by atoms with Gasteiger partial charge in [0.25, 0.3) is 0 Å². The SMILES string of the molecule is COc1ccccc1CN1CC[C@@H](CN(C)Cc2cccnc2)C1. The average Bonchev–Trinajstić information content (AvgIpc) is 3.03. The minimum atomic E-state index is 0.737. The van der Waals surface area contributed by atoms with E-state index in [9.17, 15) is 0 Å². The maximum Gasteiger partial charge on any atom is 0.123 e. The van der Waals surface area contributed by atoms with Crippen LogP contribution in [0.2, 0.25) is 0 Å². The first-order chi connectivity index (χ1) is 11.7. The van der Waals surface area contributed by atoms with Crippen LogP contribution in [0.5, 0.6) is 5.75 Å². The van der Waals surface area contributed by atoms with Gasteiger partial charge in [-0.05, 0) is 43.6 Å². The van der Waals surface area contributed by atoms with Crippen LogP contribution in [0.3, 0.4) is 0 Å². The van der Waals surface area contributed by atoms with Gasteiger partial charge in [-0.3, -0.25) is 9.88 Å². The van der Waals surface area contributed by atoms with Crippen molar-refractivity contribution >= 4 is 0 Å². The molecule has 1 fully saturated rings. The number of para-hydroxylation sites is 1. The van der Waals surface area contributed by atoms with E-state index in [4.69, 9.17) is 4.74 Å². The number of ether oxygens (including phenoxy) is 1. The lowest BCUT2D eigenvalue weighted by Gasteiger charge is -2.22. The van der Waals surface area contributed by atoms with Gasteiger partial charge >= 0.3 is 0 Å². The molecule has 2 heterocycles. The van der Waals surface area contributed by atoms with Gasteiger partial charge in [0.15, 0.2) is 0 Å². The summed E-state index contributed by atoms with van der Waals surface area (Å²) in [4.78, 5) is 9.15. The van der Waals surface area contributed by atoms with Crippen molar-refractivity contribution in [3.05, 3.63) is 59.9 Å². The van der Waals surface area contributed by atoms with Crippen LogP contribution >= 0.6 is 0 Å².